The predicted octanol–water partition coefficient (Wildman–Crippen LogP) is 0.909. The Morgan fingerprint density at radius 1 is 1.39 bits per heavy atom. The van der Waals surface area contributed by atoms with Gasteiger partial charge in [0.2, 0.25) is 0 Å². The minimum absolute atomic E-state index is 0.552. The molecule has 2 N–H and O–H groups in total. The van der Waals surface area contributed by atoms with E-state index in [0.29, 0.717) is 12.1 Å². The zero-order chi connectivity index (χ0) is 13.0. The molecule has 0 aromatic heterocycles. The zero-order valence-electron chi connectivity index (χ0n) is 12.0. The molecular formula is C14H29N3O. The monoisotopic (exact) mass is 255 g/mol. The molecule has 2 saturated heterocycles. The van der Waals surface area contributed by atoms with Crippen LogP contribution >= 0.6 is 0 Å². The van der Waals surface area contributed by atoms with Crippen LogP contribution in [0.25, 0.3) is 0 Å². The van der Waals surface area contributed by atoms with Crippen molar-refractivity contribution in [1.29, 1.82) is 0 Å². The largest absolute Gasteiger partial charge is 0.383 e. The lowest BCUT2D eigenvalue weighted by molar-refractivity contribution is -0.00314. The minimum Gasteiger partial charge on any atom is -0.383 e. The van der Waals surface area contributed by atoms with Gasteiger partial charge in [-0.1, -0.05) is 0 Å². The Balaban J connectivity index is 1.94. The first-order valence-electron chi connectivity index (χ1n) is 7.45. The highest BCUT2D eigenvalue weighted by atomic mass is 16.5. The van der Waals surface area contributed by atoms with Crippen LogP contribution in [0.5, 0.6) is 0 Å². The third-order valence-corrected chi connectivity index (χ3v) is 4.56. The normalized spacial score (nSPS) is 31.5. The maximum Gasteiger partial charge on any atom is 0.0618 e. The summed E-state index contributed by atoms with van der Waals surface area (Å²) in [5.74, 6) is 0. The fraction of sp³-hybridized carbons (Fsp3) is 1.00. The first-order chi connectivity index (χ1) is 8.76. The average molecular weight is 255 g/mol. The van der Waals surface area contributed by atoms with E-state index in [-0.39, 0.29) is 0 Å². The molecule has 4 heteroatoms. The number of ether oxygens (including phenoxy) is 1. The van der Waals surface area contributed by atoms with Crippen molar-refractivity contribution in [3.05, 3.63) is 0 Å². The predicted molar refractivity (Wildman–Crippen MR) is 74.7 cm³/mol. The number of methoxy groups -OCH3 is 1. The van der Waals surface area contributed by atoms with E-state index in [1.165, 1.54) is 38.9 Å². The Labute approximate surface area is 111 Å². The molecule has 4 nitrogen and oxygen atoms in total. The number of hydrogen-bond donors (Lipinski definition) is 1. The number of nitrogens with two attached hydrogens (primary N) is 1. The molecule has 2 aliphatic rings. The van der Waals surface area contributed by atoms with Gasteiger partial charge in [-0.05, 0) is 45.7 Å². The van der Waals surface area contributed by atoms with Gasteiger partial charge in [0.25, 0.3) is 0 Å². The van der Waals surface area contributed by atoms with Crippen LogP contribution in [0.15, 0.2) is 0 Å². The third kappa shape index (κ3) is 3.23. The Morgan fingerprint density at radius 2 is 2.22 bits per heavy atom. The summed E-state index contributed by atoms with van der Waals surface area (Å²) in [6.07, 6.45) is 5.02. The fourth-order valence-corrected chi connectivity index (χ4v) is 3.61. The number of hydrogen-bond acceptors (Lipinski definition) is 4. The van der Waals surface area contributed by atoms with Crippen LogP contribution in [-0.2, 0) is 4.74 Å². The second-order valence-electron chi connectivity index (χ2n) is 5.88. The van der Waals surface area contributed by atoms with E-state index >= 15 is 0 Å². The SMILES string of the molecule is COCC(CCCN)N1CC2CCCN2CC1C. The molecule has 0 radical (unpaired) electrons. The van der Waals surface area contributed by atoms with E-state index in [2.05, 4.69) is 16.7 Å². The molecule has 18 heavy (non-hydrogen) atoms. The smallest absolute Gasteiger partial charge is 0.0618 e. The molecule has 0 bridgehead atoms. The molecule has 0 aromatic carbocycles. The third-order valence-electron chi connectivity index (χ3n) is 4.56. The van der Waals surface area contributed by atoms with Crippen LogP contribution in [0.2, 0.25) is 0 Å². The maximum atomic E-state index is 5.66. The van der Waals surface area contributed by atoms with Crippen molar-refractivity contribution in [3.63, 3.8) is 0 Å². The molecule has 2 heterocycles. The van der Waals surface area contributed by atoms with E-state index in [0.717, 1.165) is 25.6 Å². The number of fused-ring (bicyclic) bond motifs is 1. The van der Waals surface area contributed by atoms with Crippen LogP contribution < -0.4 is 5.73 Å². The van der Waals surface area contributed by atoms with Crippen LogP contribution in [-0.4, -0.2) is 67.8 Å². The molecular weight excluding hydrogens is 226 g/mol. The van der Waals surface area contributed by atoms with Crippen molar-refractivity contribution in [2.75, 3.05) is 39.9 Å². The van der Waals surface area contributed by atoms with Gasteiger partial charge < -0.3 is 10.5 Å². The number of rotatable bonds is 6. The van der Waals surface area contributed by atoms with Gasteiger partial charge in [0.1, 0.15) is 0 Å². The van der Waals surface area contributed by atoms with Gasteiger partial charge in [0.15, 0.2) is 0 Å². The summed E-state index contributed by atoms with van der Waals surface area (Å²) < 4.78 is 5.42. The lowest BCUT2D eigenvalue weighted by atomic mass is 10.0. The van der Waals surface area contributed by atoms with Crippen LogP contribution in [0.1, 0.15) is 32.6 Å². The fourth-order valence-electron chi connectivity index (χ4n) is 3.61. The highest BCUT2D eigenvalue weighted by Crippen LogP contribution is 2.26. The molecule has 2 aliphatic heterocycles. The molecule has 0 aliphatic carbocycles. The molecule has 0 spiro atoms. The van der Waals surface area contributed by atoms with E-state index in [4.69, 9.17) is 10.5 Å². The molecule has 3 unspecified atom stereocenters. The summed E-state index contributed by atoms with van der Waals surface area (Å²) in [6, 6.07) is 1.99. The molecule has 0 aromatic rings. The Bertz CT molecular complexity index is 249. The van der Waals surface area contributed by atoms with Gasteiger partial charge in [-0.15, -0.1) is 0 Å². The highest BCUT2D eigenvalue weighted by molar-refractivity contribution is 4.93. The topological polar surface area (TPSA) is 41.7 Å². The van der Waals surface area contributed by atoms with Gasteiger partial charge in [0, 0.05) is 38.3 Å². The summed E-state index contributed by atoms with van der Waals surface area (Å²) in [4.78, 5) is 5.35. The van der Waals surface area contributed by atoms with Crippen molar-refractivity contribution < 1.29 is 4.74 Å². The average Bonchev–Trinajstić information content (AvgIpc) is 2.80. The molecule has 2 fully saturated rings. The van der Waals surface area contributed by atoms with Gasteiger partial charge in [0.05, 0.1) is 6.61 Å². The highest BCUT2D eigenvalue weighted by Gasteiger charge is 2.36. The summed E-state index contributed by atoms with van der Waals surface area (Å²) >= 11 is 0. The van der Waals surface area contributed by atoms with Crippen molar-refractivity contribution >= 4 is 0 Å². The number of nitrogens with zero attached hydrogens (tertiary/aromatic N) is 2. The second-order valence-corrected chi connectivity index (χ2v) is 5.88. The van der Waals surface area contributed by atoms with Gasteiger partial charge in [-0.2, -0.15) is 0 Å². The molecule has 0 amide bonds. The Kier molecular flexibility index (Phi) is 5.42. The molecule has 0 saturated carbocycles. The summed E-state index contributed by atoms with van der Waals surface area (Å²) in [5.41, 5.74) is 5.66. The zero-order valence-corrected chi connectivity index (χ0v) is 12.0. The van der Waals surface area contributed by atoms with Crippen LogP contribution in [0.3, 0.4) is 0 Å². The van der Waals surface area contributed by atoms with Gasteiger partial charge in [-0.3, -0.25) is 9.80 Å². The van der Waals surface area contributed by atoms with E-state index in [9.17, 15) is 0 Å². The first kappa shape index (κ1) is 14.3. The molecule has 2 rings (SSSR count). The van der Waals surface area contributed by atoms with Crippen molar-refractivity contribution in [2.45, 2.75) is 50.7 Å². The second kappa shape index (κ2) is 6.85. The van der Waals surface area contributed by atoms with Crippen molar-refractivity contribution in [3.8, 4) is 0 Å². The Hall–Kier alpha value is -0.160. The molecule has 3 atom stereocenters. The van der Waals surface area contributed by atoms with Crippen molar-refractivity contribution in [2.24, 2.45) is 5.73 Å². The summed E-state index contributed by atoms with van der Waals surface area (Å²) in [5, 5.41) is 0. The quantitative estimate of drug-likeness (QED) is 0.766. The lowest BCUT2D eigenvalue weighted by Gasteiger charge is -2.46. The van der Waals surface area contributed by atoms with Gasteiger partial charge >= 0.3 is 0 Å². The summed E-state index contributed by atoms with van der Waals surface area (Å²) in [7, 11) is 1.81. The van der Waals surface area contributed by atoms with Crippen LogP contribution in [0.4, 0.5) is 0 Å². The first-order valence-corrected chi connectivity index (χ1v) is 7.45. The maximum absolute atomic E-state index is 5.66. The van der Waals surface area contributed by atoms with E-state index in [1.54, 1.807) is 0 Å². The number of piperazine rings is 1. The van der Waals surface area contributed by atoms with Gasteiger partial charge in [-0.25, -0.2) is 0 Å². The summed E-state index contributed by atoms with van der Waals surface area (Å²) in [6.45, 7) is 7.75. The van der Waals surface area contributed by atoms with Crippen LogP contribution in [0, 0.1) is 0 Å². The standard InChI is InChI=1S/C14H29N3O/c1-12-9-16-8-4-6-13(16)10-17(12)14(11-18-2)5-3-7-15/h12-14H,3-11,15H2,1-2H3. The minimum atomic E-state index is 0.552. The lowest BCUT2D eigenvalue weighted by Crippen LogP contribution is -2.58. The Morgan fingerprint density at radius 3 is 2.94 bits per heavy atom. The van der Waals surface area contributed by atoms with E-state index in [1.807, 2.05) is 7.11 Å². The van der Waals surface area contributed by atoms with E-state index < -0.39 is 0 Å². The van der Waals surface area contributed by atoms with Crippen molar-refractivity contribution in [1.82, 2.24) is 9.80 Å². The molecule has 106 valence electrons.